The molecule has 5 atom stereocenters. The molecule has 2 saturated heterocycles. The van der Waals surface area contributed by atoms with Crippen molar-refractivity contribution >= 4 is 13.6 Å². The van der Waals surface area contributed by atoms with Crippen LogP contribution in [0.3, 0.4) is 0 Å². The summed E-state index contributed by atoms with van der Waals surface area (Å²) < 4.78 is 55.3. The highest BCUT2D eigenvalue weighted by molar-refractivity contribution is 7.48. The number of aromatic nitrogens is 2. The second kappa shape index (κ2) is 22.0. The summed E-state index contributed by atoms with van der Waals surface area (Å²) in [6, 6.07) is 3.44. The van der Waals surface area contributed by atoms with Gasteiger partial charge in [-0.15, -0.1) is 0 Å². The van der Waals surface area contributed by atoms with Gasteiger partial charge in [0, 0.05) is 19.4 Å². The number of nitrogens with zero attached hydrogens (tertiary/aromatic N) is 3. The fourth-order valence-electron chi connectivity index (χ4n) is 5.95. The van der Waals surface area contributed by atoms with E-state index >= 15 is 0 Å². The summed E-state index contributed by atoms with van der Waals surface area (Å²) >= 11 is 0. The minimum atomic E-state index is -4.05. The summed E-state index contributed by atoms with van der Waals surface area (Å²) in [6.07, 6.45) is 17.4. The highest BCUT2D eigenvalue weighted by Gasteiger charge is 2.56. The third-order valence-corrected chi connectivity index (χ3v) is 9.90. The standard InChI is InChI=1S/C34H59N4O9P/c1-4-5-6-7-8-9-10-11-12-13-14-15-16-17-23-41-24-19-26-43-48(40,42-25-18-21-35)44-27-28-30-31(47-34(2,3)46-30)32(45-28)38-22-20-29(36)37-33(38)39/h20,22,28,30-32H,4-19,23-27H2,1-3H3,(H2,36,37,39)/t28-,30+,31?,32-,48?/m1/s1. The number of hydrogen-bond donors (Lipinski definition) is 1. The lowest BCUT2D eigenvalue weighted by molar-refractivity contribution is -0.200. The molecule has 0 saturated carbocycles. The lowest BCUT2D eigenvalue weighted by Gasteiger charge is -2.25. The van der Waals surface area contributed by atoms with Gasteiger partial charge in [0.05, 0.1) is 32.3 Å². The van der Waals surface area contributed by atoms with E-state index in [0.29, 0.717) is 19.6 Å². The Morgan fingerprint density at radius 3 is 2.08 bits per heavy atom. The maximum Gasteiger partial charge on any atom is 0.474 e. The van der Waals surface area contributed by atoms with E-state index in [1.807, 2.05) is 6.07 Å². The summed E-state index contributed by atoms with van der Waals surface area (Å²) in [5.41, 5.74) is 5.04. The zero-order valence-electron chi connectivity index (χ0n) is 29.4. The van der Waals surface area contributed by atoms with Crippen LogP contribution in [0.5, 0.6) is 0 Å². The zero-order valence-corrected chi connectivity index (χ0v) is 30.2. The van der Waals surface area contributed by atoms with Crippen LogP contribution >= 0.6 is 7.82 Å². The number of hydrogen-bond acceptors (Lipinski definition) is 12. The molecular formula is C34H59N4O9P. The fourth-order valence-corrected chi connectivity index (χ4v) is 7.18. The average molecular weight is 699 g/mol. The Morgan fingerprint density at radius 2 is 1.46 bits per heavy atom. The van der Waals surface area contributed by atoms with E-state index in [9.17, 15) is 9.36 Å². The normalized spacial score (nSPS) is 22.8. The number of rotatable bonds is 27. The molecular weight excluding hydrogens is 639 g/mol. The van der Waals surface area contributed by atoms with Gasteiger partial charge in [-0.1, -0.05) is 90.4 Å². The number of nitrogen functional groups attached to an aromatic ring is 1. The van der Waals surface area contributed by atoms with E-state index in [1.165, 1.54) is 93.9 Å². The molecule has 0 spiro atoms. The number of anilines is 1. The minimum Gasteiger partial charge on any atom is -0.383 e. The Hall–Kier alpha value is -1.88. The van der Waals surface area contributed by atoms with Crippen molar-refractivity contribution in [2.75, 3.05) is 38.8 Å². The van der Waals surface area contributed by atoms with Crippen molar-refractivity contribution in [2.45, 2.75) is 154 Å². The molecule has 0 radical (unpaired) electrons. The van der Waals surface area contributed by atoms with Gasteiger partial charge >= 0.3 is 13.5 Å². The Morgan fingerprint density at radius 1 is 0.875 bits per heavy atom. The van der Waals surface area contributed by atoms with E-state index in [1.54, 1.807) is 13.8 Å². The summed E-state index contributed by atoms with van der Waals surface area (Å²) in [4.78, 5) is 16.3. The molecule has 0 aromatic carbocycles. The zero-order chi connectivity index (χ0) is 34.7. The third-order valence-electron chi connectivity index (χ3n) is 8.44. The van der Waals surface area contributed by atoms with Gasteiger partial charge in [0.15, 0.2) is 12.0 Å². The minimum absolute atomic E-state index is 0.0178. The van der Waals surface area contributed by atoms with Crippen LogP contribution in [0.25, 0.3) is 0 Å². The van der Waals surface area contributed by atoms with Crippen LogP contribution in [0, 0.1) is 11.3 Å². The third kappa shape index (κ3) is 14.5. The molecule has 13 nitrogen and oxygen atoms in total. The highest BCUT2D eigenvalue weighted by Crippen LogP contribution is 2.51. The molecule has 2 unspecified atom stereocenters. The molecule has 48 heavy (non-hydrogen) atoms. The lowest BCUT2D eigenvalue weighted by atomic mass is 10.0. The number of fused-ring (bicyclic) bond motifs is 1. The van der Waals surface area contributed by atoms with Gasteiger partial charge in [0.2, 0.25) is 0 Å². The molecule has 2 N–H and O–H groups in total. The van der Waals surface area contributed by atoms with Crippen molar-refractivity contribution in [3.8, 4) is 6.07 Å². The molecule has 2 fully saturated rings. The first-order chi connectivity index (χ1) is 23.2. The molecule has 0 bridgehead atoms. The predicted molar refractivity (Wildman–Crippen MR) is 182 cm³/mol. The van der Waals surface area contributed by atoms with Crippen LogP contribution in [0.1, 0.15) is 130 Å². The number of nitrogens with two attached hydrogens (primary N) is 1. The number of unbranched alkanes of at least 4 members (excludes halogenated alkanes) is 13. The van der Waals surface area contributed by atoms with Crippen LogP contribution in [-0.2, 0) is 37.1 Å². The van der Waals surface area contributed by atoms with E-state index in [4.69, 9.17) is 43.5 Å². The first kappa shape index (κ1) is 40.5. The molecule has 274 valence electrons. The van der Waals surface area contributed by atoms with Crippen LogP contribution in [0.4, 0.5) is 5.82 Å². The Labute approximate surface area is 286 Å². The lowest BCUT2D eigenvalue weighted by Crippen LogP contribution is -2.35. The summed E-state index contributed by atoms with van der Waals surface area (Å²) in [5, 5.41) is 8.93. The van der Waals surface area contributed by atoms with E-state index in [-0.39, 0.29) is 32.1 Å². The van der Waals surface area contributed by atoms with Gasteiger partial charge in [-0.25, -0.2) is 9.36 Å². The molecule has 1 aromatic heterocycles. The van der Waals surface area contributed by atoms with Crippen molar-refractivity contribution in [1.82, 2.24) is 9.55 Å². The SMILES string of the molecule is CCCCCCCCCCCCCCCCOCCCOP(=O)(OCCC#N)OC[C@H]1O[C@@H](n2ccc(N)nc2=O)C2OC(C)(C)O[C@H]21. The smallest absolute Gasteiger partial charge is 0.383 e. The van der Waals surface area contributed by atoms with Crippen molar-refractivity contribution in [2.24, 2.45) is 0 Å². The van der Waals surface area contributed by atoms with Crippen molar-refractivity contribution in [1.29, 1.82) is 5.26 Å². The molecule has 2 aliphatic heterocycles. The molecule has 1 aromatic rings. The second-order valence-electron chi connectivity index (χ2n) is 13.1. The molecule has 3 rings (SSSR count). The molecule has 2 aliphatic rings. The summed E-state index contributed by atoms with van der Waals surface area (Å²) in [5.74, 6) is -0.862. The Bertz CT molecular complexity index is 1190. The van der Waals surface area contributed by atoms with Crippen molar-refractivity contribution < 1.29 is 37.1 Å². The van der Waals surface area contributed by atoms with E-state index < -0.39 is 43.8 Å². The number of phosphoric acid groups is 1. The van der Waals surface area contributed by atoms with Gasteiger partial charge in [0.1, 0.15) is 24.1 Å². The largest absolute Gasteiger partial charge is 0.474 e. The van der Waals surface area contributed by atoms with Crippen LogP contribution in [0.15, 0.2) is 17.1 Å². The number of nitriles is 1. The van der Waals surface area contributed by atoms with Gasteiger partial charge in [-0.3, -0.25) is 18.1 Å². The Balaban J connectivity index is 1.31. The van der Waals surface area contributed by atoms with Gasteiger partial charge in [-0.2, -0.15) is 10.2 Å². The number of phosphoric ester groups is 1. The Kier molecular flexibility index (Phi) is 18.6. The summed E-state index contributed by atoms with van der Waals surface area (Å²) in [6.45, 7) is 6.64. The van der Waals surface area contributed by atoms with Crippen LogP contribution in [-0.4, -0.2) is 66.7 Å². The fraction of sp³-hybridized carbons (Fsp3) is 0.853. The topological polar surface area (TPSA) is 166 Å². The first-order valence-corrected chi connectivity index (χ1v) is 19.5. The maximum atomic E-state index is 13.5. The maximum absolute atomic E-state index is 13.5. The van der Waals surface area contributed by atoms with Crippen LogP contribution < -0.4 is 11.4 Å². The van der Waals surface area contributed by atoms with Crippen molar-refractivity contribution in [3.05, 3.63) is 22.7 Å². The van der Waals surface area contributed by atoms with Gasteiger partial charge in [-0.05, 0) is 32.8 Å². The van der Waals surface area contributed by atoms with Crippen LogP contribution in [0.2, 0.25) is 0 Å². The highest BCUT2D eigenvalue weighted by atomic mass is 31.2. The monoisotopic (exact) mass is 698 g/mol. The molecule has 14 heteroatoms. The first-order valence-electron chi connectivity index (χ1n) is 18.0. The van der Waals surface area contributed by atoms with E-state index in [0.717, 1.165) is 12.8 Å². The predicted octanol–water partition coefficient (Wildman–Crippen LogP) is 7.20. The average Bonchev–Trinajstić information content (AvgIpc) is 3.54. The van der Waals surface area contributed by atoms with Gasteiger partial charge in [0.25, 0.3) is 0 Å². The summed E-state index contributed by atoms with van der Waals surface area (Å²) in [7, 11) is -4.05. The molecule has 0 amide bonds. The van der Waals surface area contributed by atoms with E-state index in [2.05, 4.69) is 11.9 Å². The quantitative estimate of drug-likeness (QED) is 0.0726. The number of ether oxygens (including phenoxy) is 4. The molecule has 3 heterocycles. The molecule has 0 aliphatic carbocycles. The second-order valence-corrected chi connectivity index (χ2v) is 14.7. The van der Waals surface area contributed by atoms with Crippen molar-refractivity contribution in [3.63, 3.8) is 0 Å². The van der Waals surface area contributed by atoms with Gasteiger partial charge < -0.3 is 24.7 Å².